The molecule has 1 unspecified atom stereocenters. The Labute approximate surface area is 327 Å². The average Bonchev–Trinajstić information content (AvgIpc) is 3.45. The minimum atomic E-state index is -2.62. The van der Waals surface area contributed by atoms with E-state index in [0.717, 1.165) is 6.42 Å². The van der Waals surface area contributed by atoms with Gasteiger partial charge in [0, 0.05) is 9.79 Å². The molecule has 0 nitrogen and oxygen atoms in total. The van der Waals surface area contributed by atoms with Crippen molar-refractivity contribution in [2.75, 3.05) is 0 Å². The van der Waals surface area contributed by atoms with Gasteiger partial charge in [-0.25, -0.2) is 0 Å². The third kappa shape index (κ3) is 6.34. The standard InChI is InChI=1S/C52H46SSi/c1-6-18-45-39(5)54(44-24-11-8-12-25-44,50-29-16-20-37(3)38(50)4)51-30-17-27-46(52(45)51)42-32-31-41(34-40-21-9-7-10-22-40)48(35-42)47-26-13-14-28-49(47)53-43-23-15-19-36(2)33-43/h6-33,35H,34H2,1-5H3. The Balaban J connectivity index is 1.38. The van der Waals surface area contributed by atoms with Crippen LogP contribution in [0.3, 0.4) is 0 Å². The molecule has 0 bridgehead atoms. The molecule has 0 fully saturated rings. The van der Waals surface area contributed by atoms with Crippen LogP contribution in [0.2, 0.25) is 0 Å². The van der Waals surface area contributed by atoms with Gasteiger partial charge < -0.3 is 0 Å². The van der Waals surface area contributed by atoms with E-state index in [1.807, 2.05) is 11.8 Å². The maximum absolute atomic E-state index is 2.62. The minimum Gasteiger partial charge on any atom is -0.0894 e. The van der Waals surface area contributed by atoms with Crippen LogP contribution >= 0.6 is 11.8 Å². The van der Waals surface area contributed by atoms with E-state index in [1.54, 1.807) is 0 Å². The highest BCUT2D eigenvalue weighted by atomic mass is 32.2. The summed E-state index contributed by atoms with van der Waals surface area (Å²) in [5.41, 5.74) is 14.5. The van der Waals surface area contributed by atoms with E-state index >= 15 is 0 Å². The van der Waals surface area contributed by atoms with Crippen LogP contribution in [0.25, 0.3) is 27.8 Å². The SMILES string of the molecule is CC=CC1=C(C)[Si](c2ccccc2)(c2cccc(C)c2C)c2cccc(-c3ccc(Cc4ccccc4)c(-c4ccccc4Sc4cccc(C)c4)c3)c21. The fourth-order valence-electron chi connectivity index (χ4n) is 8.63. The van der Waals surface area contributed by atoms with E-state index in [9.17, 15) is 0 Å². The number of hydrogen-bond acceptors (Lipinski definition) is 1. The highest BCUT2D eigenvalue weighted by Crippen LogP contribution is 2.43. The van der Waals surface area contributed by atoms with E-state index in [1.165, 1.54) is 91.8 Å². The molecule has 0 aromatic heterocycles. The molecule has 7 aromatic carbocycles. The third-order valence-electron chi connectivity index (χ3n) is 11.3. The summed E-state index contributed by atoms with van der Waals surface area (Å²) < 4.78 is 0. The van der Waals surface area contributed by atoms with Crippen molar-refractivity contribution in [3.8, 4) is 22.3 Å². The molecule has 0 saturated carbocycles. The molecule has 0 amide bonds. The second kappa shape index (κ2) is 15.1. The Hall–Kier alpha value is -5.41. The van der Waals surface area contributed by atoms with Gasteiger partial charge in [0.15, 0.2) is 8.07 Å². The number of allylic oxidation sites excluding steroid dienone is 4. The first-order chi connectivity index (χ1) is 26.4. The summed E-state index contributed by atoms with van der Waals surface area (Å²) in [7, 11) is -2.62. The van der Waals surface area contributed by atoms with Gasteiger partial charge in [-0.3, -0.25) is 0 Å². The van der Waals surface area contributed by atoms with Crippen molar-refractivity contribution in [1.29, 1.82) is 0 Å². The molecule has 0 saturated heterocycles. The van der Waals surface area contributed by atoms with Gasteiger partial charge in [-0.2, -0.15) is 0 Å². The lowest BCUT2D eigenvalue weighted by Crippen LogP contribution is -2.67. The van der Waals surface area contributed by atoms with E-state index in [-0.39, 0.29) is 0 Å². The second-order valence-electron chi connectivity index (χ2n) is 14.6. The molecule has 54 heavy (non-hydrogen) atoms. The van der Waals surface area contributed by atoms with Gasteiger partial charge in [0.1, 0.15) is 0 Å². The molecular formula is C52H46SSi. The van der Waals surface area contributed by atoms with Gasteiger partial charge >= 0.3 is 0 Å². The van der Waals surface area contributed by atoms with Crippen LogP contribution in [-0.4, -0.2) is 8.07 Å². The van der Waals surface area contributed by atoms with Gasteiger partial charge in [0.05, 0.1) is 0 Å². The van der Waals surface area contributed by atoms with Gasteiger partial charge in [-0.1, -0.05) is 174 Å². The number of aryl methyl sites for hydroxylation is 2. The van der Waals surface area contributed by atoms with Gasteiger partial charge in [0.25, 0.3) is 0 Å². The van der Waals surface area contributed by atoms with Crippen molar-refractivity contribution >= 4 is 41.0 Å². The van der Waals surface area contributed by atoms with Gasteiger partial charge in [0.2, 0.25) is 0 Å². The van der Waals surface area contributed by atoms with Crippen molar-refractivity contribution in [3.05, 3.63) is 215 Å². The maximum atomic E-state index is 2.48. The number of hydrogen-bond donors (Lipinski definition) is 0. The molecule has 0 aliphatic carbocycles. The van der Waals surface area contributed by atoms with Crippen molar-refractivity contribution in [2.24, 2.45) is 0 Å². The van der Waals surface area contributed by atoms with E-state index < -0.39 is 8.07 Å². The van der Waals surface area contributed by atoms with E-state index in [0.29, 0.717) is 0 Å². The van der Waals surface area contributed by atoms with Crippen LogP contribution in [-0.2, 0) is 6.42 Å². The van der Waals surface area contributed by atoms with Gasteiger partial charge in [-0.15, -0.1) is 0 Å². The van der Waals surface area contributed by atoms with Crippen LogP contribution in [0.1, 0.15) is 47.2 Å². The zero-order valence-electron chi connectivity index (χ0n) is 31.9. The maximum Gasteiger partial charge on any atom is 0.176 e. The molecule has 264 valence electrons. The quantitative estimate of drug-likeness (QED) is 0.133. The lowest BCUT2D eigenvalue weighted by atomic mass is 9.88. The van der Waals surface area contributed by atoms with E-state index in [4.69, 9.17) is 0 Å². The molecule has 1 aliphatic heterocycles. The summed E-state index contributed by atoms with van der Waals surface area (Å²) in [6, 6.07) is 61.3. The zero-order valence-corrected chi connectivity index (χ0v) is 33.7. The molecule has 1 atom stereocenters. The molecule has 8 rings (SSSR count). The molecule has 1 aliphatic rings. The number of benzene rings is 7. The lowest BCUT2D eigenvalue weighted by Gasteiger charge is -2.34. The highest BCUT2D eigenvalue weighted by molar-refractivity contribution is 7.99. The zero-order chi connectivity index (χ0) is 37.2. The summed E-state index contributed by atoms with van der Waals surface area (Å²) >= 11 is 1.85. The van der Waals surface area contributed by atoms with Crippen molar-refractivity contribution < 1.29 is 0 Å². The smallest absolute Gasteiger partial charge is 0.0894 e. The Morgan fingerprint density at radius 3 is 2.04 bits per heavy atom. The Morgan fingerprint density at radius 2 is 1.26 bits per heavy atom. The van der Waals surface area contributed by atoms with Gasteiger partial charge in [-0.05, 0) is 137 Å². The predicted molar refractivity (Wildman–Crippen MR) is 236 cm³/mol. The van der Waals surface area contributed by atoms with Crippen LogP contribution in [0.15, 0.2) is 191 Å². The lowest BCUT2D eigenvalue weighted by molar-refractivity contribution is 1.19. The fraction of sp³-hybridized carbons (Fsp3) is 0.115. The van der Waals surface area contributed by atoms with Crippen molar-refractivity contribution in [3.63, 3.8) is 0 Å². The fourth-order valence-corrected chi connectivity index (χ4v) is 15.3. The minimum absolute atomic E-state index is 0.867. The molecule has 0 spiro atoms. The summed E-state index contributed by atoms with van der Waals surface area (Å²) in [5, 5.41) is 5.92. The first-order valence-electron chi connectivity index (χ1n) is 19.0. The highest BCUT2D eigenvalue weighted by Gasteiger charge is 2.49. The third-order valence-corrected chi connectivity index (χ3v) is 17.5. The number of rotatable bonds is 9. The van der Waals surface area contributed by atoms with Crippen molar-refractivity contribution in [1.82, 2.24) is 0 Å². The van der Waals surface area contributed by atoms with Crippen LogP contribution < -0.4 is 15.6 Å². The molecule has 0 radical (unpaired) electrons. The molecular weight excluding hydrogens is 685 g/mol. The monoisotopic (exact) mass is 730 g/mol. The average molecular weight is 731 g/mol. The summed E-state index contributed by atoms with van der Waals surface area (Å²) in [4.78, 5) is 2.53. The molecule has 7 aromatic rings. The largest absolute Gasteiger partial charge is 0.176 e. The first kappa shape index (κ1) is 35.6. The molecule has 2 heteroatoms. The summed E-state index contributed by atoms with van der Waals surface area (Å²) in [6.07, 6.45) is 5.47. The molecule has 1 heterocycles. The van der Waals surface area contributed by atoms with Crippen LogP contribution in [0.4, 0.5) is 0 Å². The van der Waals surface area contributed by atoms with E-state index in [2.05, 4.69) is 211 Å². The second-order valence-corrected chi connectivity index (χ2v) is 19.6. The molecule has 0 N–H and O–H groups in total. The number of fused-ring (bicyclic) bond motifs is 1. The topological polar surface area (TPSA) is 0 Å². The van der Waals surface area contributed by atoms with Crippen LogP contribution in [0.5, 0.6) is 0 Å². The van der Waals surface area contributed by atoms with Crippen LogP contribution in [0, 0.1) is 20.8 Å². The van der Waals surface area contributed by atoms with Crippen molar-refractivity contribution in [2.45, 2.75) is 50.8 Å². The Morgan fingerprint density at radius 1 is 0.574 bits per heavy atom. The first-order valence-corrected chi connectivity index (χ1v) is 21.8. The normalized spacial score (nSPS) is 15.2. The Bertz CT molecular complexity index is 2540. The Kier molecular flexibility index (Phi) is 9.98. The summed E-state index contributed by atoms with van der Waals surface area (Å²) in [6.45, 7) is 11.3. The predicted octanol–water partition coefficient (Wildman–Crippen LogP) is 12.1. The summed E-state index contributed by atoms with van der Waals surface area (Å²) in [5.74, 6) is 0.